The fourth-order valence-corrected chi connectivity index (χ4v) is 1.79. The van der Waals surface area contributed by atoms with Crippen LogP contribution < -0.4 is 16.4 Å². The Hall–Kier alpha value is -2.54. The lowest BCUT2D eigenvalue weighted by molar-refractivity contribution is 0.0953. The standard InChI is InChI=1S/C13H13ClN4O3/c14-10-5-9(11(15)19)6-18-12(10)16-2-3-17-13(20)8-1-4-21-7-8/h1,4-7H,2-3H2,(H2,15,19)(H,16,18)(H,17,20). The summed E-state index contributed by atoms with van der Waals surface area (Å²) < 4.78 is 4.82. The number of nitrogens with zero attached hydrogens (tertiary/aromatic N) is 1. The van der Waals surface area contributed by atoms with E-state index in [2.05, 4.69) is 15.6 Å². The van der Waals surface area contributed by atoms with E-state index in [4.69, 9.17) is 21.8 Å². The van der Waals surface area contributed by atoms with Crippen molar-refractivity contribution in [3.8, 4) is 0 Å². The molecule has 0 atom stereocenters. The number of hydrogen-bond acceptors (Lipinski definition) is 5. The second-order valence-electron chi connectivity index (χ2n) is 4.11. The summed E-state index contributed by atoms with van der Waals surface area (Å²) in [6.45, 7) is 0.797. The van der Waals surface area contributed by atoms with E-state index in [0.29, 0.717) is 24.5 Å². The van der Waals surface area contributed by atoms with E-state index >= 15 is 0 Å². The number of pyridine rings is 1. The molecule has 0 unspecified atom stereocenters. The number of nitrogens with one attached hydrogen (secondary N) is 2. The first-order chi connectivity index (χ1) is 10.1. The van der Waals surface area contributed by atoms with E-state index in [0.717, 1.165) is 0 Å². The smallest absolute Gasteiger partial charge is 0.254 e. The third kappa shape index (κ3) is 3.96. The summed E-state index contributed by atoms with van der Waals surface area (Å²) in [6, 6.07) is 3.01. The van der Waals surface area contributed by atoms with Crippen LogP contribution in [0.5, 0.6) is 0 Å². The van der Waals surface area contributed by atoms with Gasteiger partial charge < -0.3 is 20.8 Å². The third-order valence-electron chi connectivity index (χ3n) is 2.61. The highest BCUT2D eigenvalue weighted by Crippen LogP contribution is 2.19. The Balaban J connectivity index is 1.81. The Labute approximate surface area is 125 Å². The maximum Gasteiger partial charge on any atom is 0.254 e. The molecule has 0 aliphatic heterocycles. The molecule has 0 saturated heterocycles. The number of carbonyl (C=O) groups excluding carboxylic acids is 2. The van der Waals surface area contributed by atoms with Crippen molar-refractivity contribution in [3.63, 3.8) is 0 Å². The zero-order valence-electron chi connectivity index (χ0n) is 10.9. The predicted molar refractivity (Wildman–Crippen MR) is 77.3 cm³/mol. The summed E-state index contributed by atoms with van der Waals surface area (Å²) in [5.41, 5.74) is 5.81. The first-order valence-electron chi connectivity index (χ1n) is 6.07. The predicted octanol–water partition coefficient (Wildman–Crippen LogP) is 1.27. The monoisotopic (exact) mass is 308 g/mol. The van der Waals surface area contributed by atoms with Crippen LogP contribution >= 0.6 is 11.6 Å². The normalized spacial score (nSPS) is 10.1. The van der Waals surface area contributed by atoms with Gasteiger partial charge in [0.05, 0.1) is 22.4 Å². The van der Waals surface area contributed by atoms with Gasteiger partial charge in [0.2, 0.25) is 5.91 Å². The molecular weight excluding hydrogens is 296 g/mol. The Morgan fingerprint density at radius 1 is 1.33 bits per heavy atom. The average molecular weight is 309 g/mol. The van der Waals surface area contributed by atoms with Crippen molar-refractivity contribution < 1.29 is 14.0 Å². The minimum Gasteiger partial charge on any atom is -0.472 e. The summed E-state index contributed by atoms with van der Waals surface area (Å²) in [7, 11) is 0. The molecule has 4 N–H and O–H groups in total. The second kappa shape index (κ2) is 6.76. The van der Waals surface area contributed by atoms with Crippen LogP contribution in [0.4, 0.5) is 5.82 Å². The quantitative estimate of drug-likeness (QED) is 0.696. The second-order valence-corrected chi connectivity index (χ2v) is 4.52. The molecule has 7 nitrogen and oxygen atoms in total. The lowest BCUT2D eigenvalue weighted by Crippen LogP contribution is -2.28. The van der Waals surface area contributed by atoms with Gasteiger partial charge in [0, 0.05) is 19.3 Å². The highest BCUT2D eigenvalue weighted by Gasteiger charge is 2.08. The molecule has 21 heavy (non-hydrogen) atoms. The minimum atomic E-state index is -0.594. The number of aromatic nitrogens is 1. The van der Waals surface area contributed by atoms with Crippen molar-refractivity contribution in [3.05, 3.63) is 47.0 Å². The maximum absolute atomic E-state index is 11.6. The third-order valence-corrected chi connectivity index (χ3v) is 2.90. The van der Waals surface area contributed by atoms with E-state index in [1.165, 1.54) is 24.8 Å². The summed E-state index contributed by atoms with van der Waals surface area (Å²) in [6.07, 6.45) is 4.13. The molecule has 2 aromatic heterocycles. The van der Waals surface area contributed by atoms with E-state index < -0.39 is 5.91 Å². The Morgan fingerprint density at radius 3 is 2.76 bits per heavy atom. The molecule has 0 saturated carbocycles. The van der Waals surface area contributed by atoms with Gasteiger partial charge in [0.1, 0.15) is 12.1 Å². The zero-order chi connectivity index (χ0) is 15.2. The number of primary amides is 1. The fourth-order valence-electron chi connectivity index (χ4n) is 1.56. The minimum absolute atomic E-state index is 0.228. The van der Waals surface area contributed by atoms with Crippen molar-refractivity contribution in [1.82, 2.24) is 10.3 Å². The zero-order valence-corrected chi connectivity index (χ0v) is 11.7. The highest BCUT2D eigenvalue weighted by atomic mass is 35.5. The van der Waals surface area contributed by atoms with Gasteiger partial charge in [-0.3, -0.25) is 9.59 Å². The average Bonchev–Trinajstić information content (AvgIpc) is 2.98. The molecule has 110 valence electrons. The molecule has 0 aromatic carbocycles. The lowest BCUT2D eigenvalue weighted by Gasteiger charge is -2.08. The Morgan fingerprint density at radius 2 is 2.14 bits per heavy atom. The van der Waals surface area contributed by atoms with Gasteiger partial charge in [-0.15, -0.1) is 0 Å². The van der Waals surface area contributed by atoms with Gasteiger partial charge in [-0.25, -0.2) is 4.98 Å². The number of furan rings is 1. The van der Waals surface area contributed by atoms with Crippen molar-refractivity contribution in [1.29, 1.82) is 0 Å². The van der Waals surface area contributed by atoms with Crippen LogP contribution in [0.25, 0.3) is 0 Å². The van der Waals surface area contributed by atoms with Crippen LogP contribution in [-0.4, -0.2) is 29.9 Å². The first kappa shape index (κ1) is 14.9. The SMILES string of the molecule is NC(=O)c1cnc(NCCNC(=O)c2ccoc2)c(Cl)c1. The van der Waals surface area contributed by atoms with Crippen molar-refractivity contribution in [2.45, 2.75) is 0 Å². The number of anilines is 1. The van der Waals surface area contributed by atoms with E-state index in [1.54, 1.807) is 6.07 Å². The maximum atomic E-state index is 11.6. The van der Waals surface area contributed by atoms with Crippen molar-refractivity contribution in [2.24, 2.45) is 5.73 Å². The number of hydrogen-bond donors (Lipinski definition) is 3. The van der Waals surface area contributed by atoms with Crippen molar-refractivity contribution in [2.75, 3.05) is 18.4 Å². The summed E-state index contributed by atoms with van der Waals surface area (Å²) in [4.78, 5) is 26.6. The Bertz CT molecular complexity index is 643. The van der Waals surface area contributed by atoms with Crippen LogP contribution in [-0.2, 0) is 0 Å². The largest absolute Gasteiger partial charge is 0.472 e. The molecule has 0 radical (unpaired) electrons. The van der Waals surface area contributed by atoms with Gasteiger partial charge in [0.15, 0.2) is 0 Å². The number of amides is 2. The van der Waals surface area contributed by atoms with Gasteiger partial charge in [-0.1, -0.05) is 11.6 Å². The highest BCUT2D eigenvalue weighted by molar-refractivity contribution is 6.33. The molecule has 0 aliphatic rings. The molecule has 2 rings (SSSR count). The van der Waals surface area contributed by atoms with Crippen molar-refractivity contribution >= 4 is 29.2 Å². The Kier molecular flexibility index (Phi) is 4.78. The van der Waals surface area contributed by atoms with Crippen LogP contribution in [0.2, 0.25) is 5.02 Å². The molecule has 2 amide bonds. The van der Waals surface area contributed by atoms with Gasteiger partial charge in [-0.05, 0) is 12.1 Å². The molecule has 8 heteroatoms. The molecule has 0 bridgehead atoms. The molecule has 2 heterocycles. The van der Waals surface area contributed by atoms with E-state index in [-0.39, 0.29) is 16.5 Å². The number of nitrogens with two attached hydrogens (primary N) is 1. The van der Waals surface area contributed by atoms with Gasteiger partial charge in [0.25, 0.3) is 5.91 Å². The lowest BCUT2D eigenvalue weighted by atomic mass is 10.2. The molecular formula is C13H13ClN4O3. The van der Waals surface area contributed by atoms with Gasteiger partial charge in [-0.2, -0.15) is 0 Å². The van der Waals surface area contributed by atoms with E-state index in [9.17, 15) is 9.59 Å². The van der Waals surface area contributed by atoms with Crippen LogP contribution in [0.3, 0.4) is 0 Å². The number of carbonyl (C=O) groups is 2. The molecule has 0 spiro atoms. The first-order valence-corrected chi connectivity index (χ1v) is 6.45. The summed E-state index contributed by atoms with van der Waals surface area (Å²) in [5.74, 6) is -0.406. The van der Waals surface area contributed by atoms with Crippen LogP contribution in [0, 0.1) is 0 Å². The van der Waals surface area contributed by atoms with Crippen LogP contribution in [0.15, 0.2) is 35.3 Å². The van der Waals surface area contributed by atoms with E-state index in [1.807, 2.05) is 0 Å². The van der Waals surface area contributed by atoms with Gasteiger partial charge >= 0.3 is 0 Å². The molecule has 0 aliphatic carbocycles. The number of rotatable bonds is 6. The summed E-state index contributed by atoms with van der Waals surface area (Å²) >= 11 is 5.96. The van der Waals surface area contributed by atoms with Crippen LogP contribution in [0.1, 0.15) is 20.7 Å². The molecule has 0 fully saturated rings. The molecule has 2 aromatic rings. The number of halogens is 1. The summed E-state index contributed by atoms with van der Waals surface area (Å²) in [5, 5.41) is 5.93. The topological polar surface area (TPSA) is 110 Å². The fraction of sp³-hybridized carbons (Fsp3) is 0.154.